The standard InChI is InChI=1S/C15H21N3O4/c1-11(15(19)17(2)12-7-4-3-5-8-12)22-13-9-6-10-16-14(13)18(20)21/h6,9-12H,3-5,7-8H2,1-2H3. The molecule has 1 unspecified atom stereocenters. The number of hydrogen-bond acceptors (Lipinski definition) is 5. The molecule has 1 aromatic heterocycles. The topological polar surface area (TPSA) is 85.6 Å². The second-order valence-electron chi connectivity index (χ2n) is 5.58. The van der Waals surface area contributed by atoms with Crippen molar-refractivity contribution in [3.63, 3.8) is 0 Å². The molecule has 0 radical (unpaired) electrons. The van der Waals surface area contributed by atoms with E-state index in [2.05, 4.69) is 4.98 Å². The zero-order chi connectivity index (χ0) is 16.1. The molecule has 1 aliphatic rings. The zero-order valence-electron chi connectivity index (χ0n) is 12.9. The number of ether oxygens (including phenoxy) is 1. The number of carbonyl (C=O) groups excluding carboxylic acids is 1. The van der Waals surface area contributed by atoms with Crippen LogP contribution in [0.5, 0.6) is 5.75 Å². The quantitative estimate of drug-likeness (QED) is 0.616. The third-order valence-corrected chi connectivity index (χ3v) is 4.05. The van der Waals surface area contributed by atoms with Gasteiger partial charge < -0.3 is 19.8 Å². The Morgan fingerprint density at radius 1 is 1.45 bits per heavy atom. The van der Waals surface area contributed by atoms with Crippen molar-refractivity contribution in [3.05, 3.63) is 28.4 Å². The number of pyridine rings is 1. The minimum Gasteiger partial charge on any atom is -0.473 e. The van der Waals surface area contributed by atoms with Gasteiger partial charge >= 0.3 is 5.82 Å². The summed E-state index contributed by atoms with van der Waals surface area (Å²) >= 11 is 0. The van der Waals surface area contributed by atoms with Gasteiger partial charge in [-0.2, -0.15) is 0 Å². The molecule has 0 aromatic carbocycles. The van der Waals surface area contributed by atoms with Crippen LogP contribution in [0.15, 0.2) is 18.3 Å². The van der Waals surface area contributed by atoms with Gasteiger partial charge in [-0.3, -0.25) is 4.79 Å². The first-order valence-corrected chi connectivity index (χ1v) is 7.53. The lowest BCUT2D eigenvalue weighted by atomic mass is 9.94. The van der Waals surface area contributed by atoms with Crippen molar-refractivity contribution in [1.29, 1.82) is 0 Å². The minimum absolute atomic E-state index is 0.0189. The maximum atomic E-state index is 12.4. The normalized spacial score (nSPS) is 16.8. The number of nitrogens with zero attached hydrogens (tertiary/aromatic N) is 3. The van der Waals surface area contributed by atoms with Crippen molar-refractivity contribution < 1.29 is 14.5 Å². The van der Waals surface area contributed by atoms with Gasteiger partial charge in [-0.25, -0.2) is 0 Å². The molecule has 0 spiro atoms. The minimum atomic E-state index is -0.783. The molecule has 1 aromatic rings. The average Bonchev–Trinajstić information content (AvgIpc) is 2.54. The van der Waals surface area contributed by atoms with E-state index in [0.717, 1.165) is 25.7 Å². The Bertz CT molecular complexity index is 543. The Hall–Kier alpha value is -2.18. The fraction of sp³-hybridized carbons (Fsp3) is 0.600. The smallest absolute Gasteiger partial charge is 0.406 e. The Kier molecular flexibility index (Phi) is 5.30. The lowest BCUT2D eigenvalue weighted by molar-refractivity contribution is -0.390. The highest BCUT2D eigenvalue weighted by Gasteiger charge is 2.28. The molecule has 1 heterocycles. The number of aromatic nitrogens is 1. The van der Waals surface area contributed by atoms with E-state index in [1.54, 1.807) is 24.9 Å². The van der Waals surface area contributed by atoms with Crippen molar-refractivity contribution in [2.45, 2.75) is 51.2 Å². The van der Waals surface area contributed by atoms with Crippen LogP contribution in [0.4, 0.5) is 5.82 Å². The van der Waals surface area contributed by atoms with Crippen molar-refractivity contribution in [2.75, 3.05) is 7.05 Å². The summed E-state index contributed by atoms with van der Waals surface area (Å²) in [6, 6.07) is 3.23. The highest BCUT2D eigenvalue weighted by molar-refractivity contribution is 5.81. The van der Waals surface area contributed by atoms with E-state index in [4.69, 9.17) is 4.74 Å². The number of nitro groups is 1. The molecule has 120 valence electrons. The van der Waals surface area contributed by atoms with Gasteiger partial charge in [0.15, 0.2) is 6.10 Å². The summed E-state index contributed by atoms with van der Waals surface area (Å²) in [5.41, 5.74) is 0. The Balaban J connectivity index is 2.03. The largest absolute Gasteiger partial charge is 0.473 e. The SMILES string of the molecule is CC(Oc1cccnc1[N+](=O)[O-])C(=O)N(C)C1CCCCC1. The zero-order valence-corrected chi connectivity index (χ0v) is 12.9. The van der Waals surface area contributed by atoms with Crippen LogP contribution >= 0.6 is 0 Å². The van der Waals surface area contributed by atoms with Gasteiger partial charge in [0.25, 0.3) is 5.91 Å². The van der Waals surface area contributed by atoms with E-state index < -0.39 is 11.0 Å². The first-order chi connectivity index (χ1) is 10.5. The molecule has 7 nitrogen and oxygen atoms in total. The van der Waals surface area contributed by atoms with Crippen molar-refractivity contribution in [2.24, 2.45) is 0 Å². The van der Waals surface area contributed by atoms with E-state index >= 15 is 0 Å². The molecule has 1 aliphatic carbocycles. The lowest BCUT2D eigenvalue weighted by Crippen LogP contribution is -2.44. The third kappa shape index (κ3) is 3.72. The molecule has 1 atom stereocenters. The van der Waals surface area contributed by atoms with E-state index in [1.807, 2.05) is 0 Å². The van der Waals surface area contributed by atoms with Crippen LogP contribution in [-0.4, -0.2) is 39.9 Å². The van der Waals surface area contributed by atoms with Crippen molar-refractivity contribution >= 4 is 11.7 Å². The third-order valence-electron chi connectivity index (χ3n) is 4.05. The van der Waals surface area contributed by atoms with Crippen molar-refractivity contribution in [3.8, 4) is 5.75 Å². The van der Waals surface area contributed by atoms with Crippen LogP contribution in [0.25, 0.3) is 0 Å². The van der Waals surface area contributed by atoms with E-state index in [0.29, 0.717) is 0 Å². The second kappa shape index (κ2) is 7.20. The first kappa shape index (κ1) is 16.2. The molecule has 0 saturated heterocycles. The van der Waals surface area contributed by atoms with Gasteiger partial charge in [0.05, 0.1) is 0 Å². The summed E-state index contributed by atoms with van der Waals surface area (Å²) in [4.78, 5) is 28.1. The summed E-state index contributed by atoms with van der Waals surface area (Å²) in [6.07, 6.45) is 6.02. The number of rotatable bonds is 5. The van der Waals surface area contributed by atoms with Gasteiger partial charge in [-0.1, -0.05) is 19.3 Å². The van der Waals surface area contributed by atoms with Crippen LogP contribution in [0, 0.1) is 10.1 Å². The van der Waals surface area contributed by atoms with E-state index in [-0.39, 0.29) is 23.5 Å². The Labute approximate surface area is 129 Å². The summed E-state index contributed by atoms with van der Waals surface area (Å²) in [7, 11) is 1.77. The van der Waals surface area contributed by atoms with Crippen LogP contribution in [0.1, 0.15) is 39.0 Å². The highest BCUT2D eigenvalue weighted by atomic mass is 16.6. The van der Waals surface area contributed by atoms with Crippen LogP contribution < -0.4 is 4.74 Å². The number of hydrogen-bond donors (Lipinski definition) is 0. The van der Waals surface area contributed by atoms with Crippen LogP contribution in [0.3, 0.4) is 0 Å². The fourth-order valence-corrected chi connectivity index (χ4v) is 2.79. The van der Waals surface area contributed by atoms with E-state index in [9.17, 15) is 14.9 Å². The Morgan fingerprint density at radius 3 is 2.77 bits per heavy atom. The van der Waals surface area contributed by atoms with Gasteiger partial charge in [0.2, 0.25) is 5.75 Å². The molecule has 2 rings (SSSR count). The number of likely N-dealkylation sites (N-methyl/N-ethyl adjacent to an activating group) is 1. The molecule has 0 aliphatic heterocycles. The summed E-state index contributed by atoms with van der Waals surface area (Å²) in [6.45, 7) is 1.61. The molecule has 1 amide bonds. The highest BCUT2D eigenvalue weighted by Crippen LogP contribution is 2.26. The summed E-state index contributed by atoms with van der Waals surface area (Å²) in [5, 5.41) is 10.9. The van der Waals surface area contributed by atoms with Crippen molar-refractivity contribution in [1.82, 2.24) is 9.88 Å². The molecular formula is C15H21N3O4. The number of carbonyl (C=O) groups is 1. The van der Waals surface area contributed by atoms with Crippen LogP contribution in [0.2, 0.25) is 0 Å². The predicted octanol–water partition coefficient (Wildman–Crippen LogP) is 2.55. The summed E-state index contributed by atoms with van der Waals surface area (Å²) in [5.74, 6) is -0.516. The summed E-state index contributed by atoms with van der Waals surface area (Å²) < 4.78 is 5.49. The number of amides is 1. The molecule has 0 bridgehead atoms. The Morgan fingerprint density at radius 2 is 2.14 bits per heavy atom. The average molecular weight is 307 g/mol. The predicted molar refractivity (Wildman–Crippen MR) is 80.6 cm³/mol. The van der Waals surface area contributed by atoms with Gasteiger partial charge in [-0.05, 0) is 41.8 Å². The monoisotopic (exact) mass is 307 g/mol. The van der Waals surface area contributed by atoms with Gasteiger partial charge in [-0.15, -0.1) is 0 Å². The second-order valence-corrected chi connectivity index (χ2v) is 5.58. The maximum absolute atomic E-state index is 12.4. The molecular weight excluding hydrogens is 286 g/mol. The van der Waals surface area contributed by atoms with Gasteiger partial charge in [0, 0.05) is 13.1 Å². The molecule has 1 saturated carbocycles. The fourth-order valence-electron chi connectivity index (χ4n) is 2.79. The van der Waals surface area contributed by atoms with Gasteiger partial charge in [0.1, 0.15) is 6.20 Å². The molecule has 0 N–H and O–H groups in total. The van der Waals surface area contributed by atoms with Crippen LogP contribution in [-0.2, 0) is 4.79 Å². The molecule has 1 fully saturated rings. The molecule has 22 heavy (non-hydrogen) atoms. The lowest BCUT2D eigenvalue weighted by Gasteiger charge is -2.32. The first-order valence-electron chi connectivity index (χ1n) is 7.53. The maximum Gasteiger partial charge on any atom is 0.406 e. The molecule has 7 heteroatoms. The van der Waals surface area contributed by atoms with E-state index in [1.165, 1.54) is 18.7 Å².